The zero-order valence-corrected chi connectivity index (χ0v) is 12.0. The molecular weight excluding hydrogens is 228 g/mol. The fourth-order valence-electron chi connectivity index (χ4n) is 2.21. The van der Waals surface area contributed by atoms with Gasteiger partial charge in [0.25, 0.3) is 0 Å². The second-order valence-corrected chi connectivity index (χ2v) is 4.62. The smallest absolute Gasteiger partial charge is 0.161 e. The van der Waals surface area contributed by atoms with Gasteiger partial charge in [-0.1, -0.05) is 0 Å². The van der Waals surface area contributed by atoms with Crippen LogP contribution in [-0.4, -0.2) is 39.8 Å². The third kappa shape index (κ3) is 3.15. The zero-order chi connectivity index (χ0) is 13.7. The third-order valence-electron chi connectivity index (χ3n) is 3.19. The van der Waals surface area contributed by atoms with E-state index in [-0.39, 0.29) is 0 Å². The van der Waals surface area contributed by atoms with Gasteiger partial charge in [0.1, 0.15) is 0 Å². The van der Waals surface area contributed by atoms with Crippen LogP contribution >= 0.6 is 0 Å². The molecule has 0 saturated heterocycles. The Morgan fingerprint density at radius 3 is 2.17 bits per heavy atom. The zero-order valence-electron chi connectivity index (χ0n) is 12.0. The largest absolute Gasteiger partial charge is 0.493 e. The van der Waals surface area contributed by atoms with Crippen LogP contribution in [0.4, 0.5) is 0 Å². The van der Waals surface area contributed by atoms with Crippen LogP contribution < -0.4 is 15.2 Å². The van der Waals surface area contributed by atoms with Gasteiger partial charge in [-0.05, 0) is 57.2 Å². The summed E-state index contributed by atoms with van der Waals surface area (Å²) in [4.78, 5) is 2.18. The number of ether oxygens (including phenoxy) is 2. The minimum absolute atomic E-state index is 0.301. The Labute approximate surface area is 110 Å². The monoisotopic (exact) mass is 252 g/mol. The Morgan fingerprint density at radius 1 is 1.17 bits per heavy atom. The lowest BCUT2D eigenvalue weighted by molar-refractivity contribution is 0.284. The molecule has 18 heavy (non-hydrogen) atoms. The Kier molecular flexibility index (Phi) is 5.44. The van der Waals surface area contributed by atoms with E-state index in [0.29, 0.717) is 12.6 Å². The van der Waals surface area contributed by atoms with E-state index < -0.39 is 0 Å². The Balaban J connectivity index is 3.21. The quantitative estimate of drug-likeness (QED) is 0.841. The molecule has 0 fully saturated rings. The first-order chi connectivity index (χ1) is 8.54. The molecule has 1 rings (SSSR count). The molecule has 0 radical (unpaired) electrons. The van der Waals surface area contributed by atoms with Crippen molar-refractivity contribution in [2.24, 2.45) is 5.73 Å². The molecule has 0 aliphatic carbocycles. The van der Waals surface area contributed by atoms with Crippen LogP contribution in [0, 0.1) is 6.92 Å². The van der Waals surface area contributed by atoms with Gasteiger partial charge < -0.3 is 20.1 Å². The topological polar surface area (TPSA) is 47.7 Å². The van der Waals surface area contributed by atoms with Crippen molar-refractivity contribution >= 4 is 0 Å². The van der Waals surface area contributed by atoms with Gasteiger partial charge >= 0.3 is 0 Å². The molecule has 4 heteroatoms. The van der Waals surface area contributed by atoms with Crippen molar-refractivity contribution in [3.63, 3.8) is 0 Å². The van der Waals surface area contributed by atoms with E-state index in [2.05, 4.69) is 32.0 Å². The summed E-state index contributed by atoms with van der Waals surface area (Å²) in [5.41, 5.74) is 8.13. The van der Waals surface area contributed by atoms with Gasteiger partial charge in [-0.2, -0.15) is 0 Å². The molecule has 0 bridgehead atoms. The predicted molar refractivity (Wildman–Crippen MR) is 74.4 cm³/mol. The van der Waals surface area contributed by atoms with E-state index in [1.165, 1.54) is 11.1 Å². The fraction of sp³-hybridized carbons (Fsp3) is 0.571. The van der Waals surface area contributed by atoms with Gasteiger partial charge in [-0.15, -0.1) is 0 Å². The van der Waals surface area contributed by atoms with Crippen LogP contribution in [0.15, 0.2) is 12.1 Å². The highest BCUT2D eigenvalue weighted by molar-refractivity contribution is 5.48. The van der Waals surface area contributed by atoms with Crippen molar-refractivity contribution in [2.45, 2.75) is 19.4 Å². The molecule has 4 nitrogen and oxygen atoms in total. The molecule has 0 heterocycles. The van der Waals surface area contributed by atoms with Crippen molar-refractivity contribution in [1.29, 1.82) is 0 Å². The van der Waals surface area contributed by atoms with Crippen molar-refractivity contribution in [3.05, 3.63) is 23.3 Å². The summed E-state index contributed by atoms with van der Waals surface area (Å²) >= 11 is 0. The maximum atomic E-state index is 5.70. The summed E-state index contributed by atoms with van der Waals surface area (Å²) in [6, 6.07) is 4.37. The van der Waals surface area contributed by atoms with E-state index in [9.17, 15) is 0 Å². The Hall–Kier alpha value is -1.26. The lowest BCUT2D eigenvalue weighted by atomic mass is 9.97. The molecule has 0 aliphatic rings. The minimum Gasteiger partial charge on any atom is -0.493 e. The Morgan fingerprint density at radius 2 is 1.72 bits per heavy atom. The average Bonchev–Trinajstić information content (AvgIpc) is 2.35. The summed E-state index contributed by atoms with van der Waals surface area (Å²) in [5.74, 6) is 1.53. The van der Waals surface area contributed by atoms with Gasteiger partial charge in [0.15, 0.2) is 11.5 Å². The van der Waals surface area contributed by atoms with Gasteiger partial charge in [-0.3, -0.25) is 0 Å². The molecule has 1 unspecified atom stereocenters. The van der Waals surface area contributed by atoms with E-state index in [1.54, 1.807) is 14.2 Å². The SMILES string of the molecule is COc1cc(C)c(C(CCN)N(C)C)cc1OC. The second kappa shape index (κ2) is 6.61. The summed E-state index contributed by atoms with van der Waals surface area (Å²) in [7, 11) is 7.44. The fourth-order valence-corrected chi connectivity index (χ4v) is 2.21. The first kappa shape index (κ1) is 14.8. The van der Waals surface area contributed by atoms with E-state index in [0.717, 1.165) is 17.9 Å². The summed E-state index contributed by atoms with van der Waals surface area (Å²) in [6.07, 6.45) is 0.920. The number of aryl methyl sites for hydroxylation is 1. The van der Waals surface area contributed by atoms with Crippen LogP contribution in [-0.2, 0) is 0 Å². The molecule has 2 N–H and O–H groups in total. The van der Waals surface area contributed by atoms with Gasteiger partial charge in [0.2, 0.25) is 0 Å². The highest BCUT2D eigenvalue weighted by atomic mass is 16.5. The first-order valence-electron chi connectivity index (χ1n) is 6.14. The first-order valence-corrected chi connectivity index (χ1v) is 6.14. The number of nitrogens with two attached hydrogens (primary N) is 1. The lowest BCUT2D eigenvalue weighted by Gasteiger charge is -2.26. The van der Waals surface area contributed by atoms with E-state index in [1.807, 2.05) is 6.07 Å². The summed E-state index contributed by atoms with van der Waals surface area (Å²) in [5, 5.41) is 0. The number of rotatable bonds is 6. The van der Waals surface area contributed by atoms with Crippen LogP contribution in [0.5, 0.6) is 11.5 Å². The number of methoxy groups -OCH3 is 2. The van der Waals surface area contributed by atoms with Crippen LogP contribution in [0.3, 0.4) is 0 Å². The maximum absolute atomic E-state index is 5.70. The highest BCUT2D eigenvalue weighted by Crippen LogP contribution is 2.35. The molecule has 0 saturated carbocycles. The number of benzene rings is 1. The van der Waals surface area contributed by atoms with E-state index >= 15 is 0 Å². The normalized spacial score (nSPS) is 12.6. The van der Waals surface area contributed by atoms with Crippen LogP contribution in [0.25, 0.3) is 0 Å². The maximum Gasteiger partial charge on any atom is 0.161 e. The molecule has 1 atom stereocenters. The third-order valence-corrected chi connectivity index (χ3v) is 3.19. The average molecular weight is 252 g/mol. The molecule has 0 aromatic heterocycles. The van der Waals surface area contributed by atoms with Gasteiger partial charge in [-0.25, -0.2) is 0 Å². The minimum atomic E-state index is 0.301. The van der Waals surface area contributed by atoms with Crippen molar-refractivity contribution in [2.75, 3.05) is 34.9 Å². The molecule has 1 aromatic rings. The molecular formula is C14H24N2O2. The van der Waals surface area contributed by atoms with Crippen LogP contribution in [0.2, 0.25) is 0 Å². The van der Waals surface area contributed by atoms with Crippen molar-refractivity contribution in [3.8, 4) is 11.5 Å². The highest BCUT2D eigenvalue weighted by Gasteiger charge is 2.18. The molecule has 102 valence electrons. The van der Waals surface area contributed by atoms with Crippen molar-refractivity contribution in [1.82, 2.24) is 4.90 Å². The van der Waals surface area contributed by atoms with Crippen LogP contribution in [0.1, 0.15) is 23.6 Å². The lowest BCUT2D eigenvalue weighted by Crippen LogP contribution is -2.23. The number of hydrogen-bond acceptors (Lipinski definition) is 4. The Bertz CT molecular complexity index is 392. The van der Waals surface area contributed by atoms with Gasteiger partial charge in [0.05, 0.1) is 14.2 Å². The standard InChI is InChI=1S/C14H24N2O2/c1-10-8-13(17-4)14(18-5)9-11(10)12(6-7-15)16(2)3/h8-9,12H,6-7,15H2,1-5H3. The van der Waals surface area contributed by atoms with E-state index in [4.69, 9.17) is 15.2 Å². The van der Waals surface area contributed by atoms with Gasteiger partial charge in [0, 0.05) is 6.04 Å². The molecule has 0 amide bonds. The van der Waals surface area contributed by atoms with Crippen molar-refractivity contribution < 1.29 is 9.47 Å². The molecule has 0 aliphatic heterocycles. The summed E-state index contributed by atoms with van der Waals surface area (Å²) in [6.45, 7) is 2.75. The predicted octanol–water partition coefficient (Wildman–Crippen LogP) is 1.96. The number of hydrogen-bond donors (Lipinski definition) is 1. The number of nitrogens with zero attached hydrogens (tertiary/aromatic N) is 1. The molecule has 1 aromatic carbocycles. The second-order valence-electron chi connectivity index (χ2n) is 4.62. The summed E-state index contributed by atoms with van der Waals surface area (Å²) < 4.78 is 10.7. The molecule has 0 spiro atoms.